The summed E-state index contributed by atoms with van der Waals surface area (Å²) in [4.78, 5) is 11.8. The zero-order chi connectivity index (χ0) is 17.6. The summed E-state index contributed by atoms with van der Waals surface area (Å²) >= 11 is 0. The second kappa shape index (κ2) is 8.17. The van der Waals surface area contributed by atoms with Gasteiger partial charge in [0, 0.05) is 6.08 Å². The van der Waals surface area contributed by atoms with Crippen molar-refractivity contribution in [1.29, 1.82) is 0 Å². The van der Waals surface area contributed by atoms with E-state index in [2.05, 4.69) is 53.0 Å². The molecule has 0 aliphatic carbocycles. The summed E-state index contributed by atoms with van der Waals surface area (Å²) in [6, 6.07) is 9.48. The van der Waals surface area contributed by atoms with Gasteiger partial charge < -0.3 is 5.73 Å². The Bertz CT molecular complexity index is 596. The molecule has 0 heterocycles. The molecule has 23 heavy (non-hydrogen) atoms. The lowest BCUT2D eigenvalue weighted by molar-refractivity contribution is -0.112. The number of carbonyl (C=O) groups excluding carboxylic acids is 1. The summed E-state index contributed by atoms with van der Waals surface area (Å²) in [6.45, 7) is 13.6. The van der Waals surface area contributed by atoms with Crippen LogP contribution in [0.1, 0.15) is 47.1 Å². The van der Waals surface area contributed by atoms with Gasteiger partial charge in [0.1, 0.15) is 8.07 Å². The molecule has 0 spiro atoms. The van der Waals surface area contributed by atoms with Gasteiger partial charge in [0.2, 0.25) is 5.91 Å². The van der Waals surface area contributed by atoms with Crippen LogP contribution in [-0.2, 0) is 4.79 Å². The van der Waals surface area contributed by atoms with E-state index in [9.17, 15) is 4.79 Å². The van der Waals surface area contributed by atoms with Crippen molar-refractivity contribution in [2.24, 2.45) is 5.73 Å². The molecule has 0 aromatic heterocycles. The Morgan fingerprint density at radius 3 is 1.87 bits per heavy atom. The molecule has 0 bridgehead atoms. The van der Waals surface area contributed by atoms with Crippen LogP contribution in [-0.4, -0.2) is 14.0 Å². The number of hydrogen-bond acceptors (Lipinski definition) is 1. The molecule has 0 saturated heterocycles. The first kappa shape index (κ1) is 19.3. The highest BCUT2D eigenvalue weighted by Crippen LogP contribution is 2.40. The average Bonchev–Trinajstić information content (AvgIpc) is 2.46. The van der Waals surface area contributed by atoms with Crippen molar-refractivity contribution in [3.63, 3.8) is 0 Å². The first-order chi connectivity index (χ1) is 10.7. The highest BCUT2D eigenvalue weighted by Gasteiger charge is 2.41. The number of rotatable bonds is 5. The third-order valence-corrected chi connectivity index (χ3v) is 11.0. The molecule has 1 aromatic rings. The molecule has 0 radical (unpaired) electrons. The van der Waals surface area contributed by atoms with E-state index in [4.69, 9.17) is 5.73 Å². The molecule has 0 saturated carbocycles. The van der Waals surface area contributed by atoms with E-state index >= 15 is 0 Å². The summed E-state index contributed by atoms with van der Waals surface area (Å²) in [5.74, 6) is 2.77. The first-order valence-corrected chi connectivity index (χ1v) is 10.5. The van der Waals surface area contributed by atoms with Gasteiger partial charge in [-0.2, -0.15) is 0 Å². The fourth-order valence-electron chi connectivity index (χ4n) is 3.58. The molecule has 0 aliphatic heterocycles. The molecule has 2 nitrogen and oxygen atoms in total. The predicted molar refractivity (Wildman–Crippen MR) is 102 cm³/mol. The Hall–Kier alpha value is -1.79. The molecule has 0 fully saturated rings. The van der Waals surface area contributed by atoms with Gasteiger partial charge >= 0.3 is 0 Å². The molecule has 1 aromatic carbocycles. The van der Waals surface area contributed by atoms with Crippen LogP contribution in [0.3, 0.4) is 0 Å². The molecule has 1 rings (SSSR count). The lowest BCUT2D eigenvalue weighted by Crippen LogP contribution is -2.43. The second-order valence-electron chi connectivity index (χ2n) is 6.95. The normalized spacial score (nSPS) is 12.5. The number of benzene rings is 1. The third-order valence-electron chi connectivity index (χ3n) is 4.72. The van der Waals surface area contributed by atoms with Crippen LogP contribution in [0.2, 0.25) is 16.6 Å². The van der Waals surface area contributed by atoms with Crippen molar-refractivity contribution >= 4 is 19.6 Å². The zero-order valence-corrected chi connectivity index (χ0v) is 16.2. The molecule has 124 valence electrons. The minimum atomic E-state index is -1.79. The quantitative estimate of drug-likeness (QED) is 0.472. The zero-order valence-electron chi connectivity index (χ0n) is 15.2. The predicted octanol–water partition coefficient (Wildman–Crippen LogP) is 4.78. The smallest absolute Gasteiger partial charge is 0.249 e. The Kier molecular flexibility index (Phi) is 6.84. The molecule has 3 heteroatoms. The van der Waals surface area contributed by atoms with Crippen molar-refractivity contribution in [2.45, 2.75) is 58.2 Å². The highest BCUT2D eigenvalue weighted by atomic mass is 28.3. The van der Waals surface area contributed by atoms with Crippen molar-refractivity contribution in [1.82, 2.24) is 0 Å². The Balaban J connectivity index is 3.32. The number of allylic oxidation sites excluding steroid dienone is 1. The number of hydrogen-bond donors (Lipinski definition) is 1. The maximum Gasteiger partial charge on any atom is 0.249 e. The van der Waals surface area contributed by atoms with E-state index in [1.165, 1.54) is 0 Å². The first-order valence-electron chi connectivity index (χ1n) is 8.31. The monoisotopic (exact) mass is 327 g/mol. The summed E-state index contributed by atoms with van der Waals surface area (Å²) in [6.07, 6.45) is 1.70. The van der Waals surface area contributed by atoms with E-state index in [1.54, 1.807) is 6.08 Å². The van der Waals surface area contributed by atoms with Gasteiger partial charge in [-0.25, -0.2) is 0 Å². The van der Waals surface area contributed by atoms with Crippen LogP contribution in [0.25, 0.3) is 5.57 Å². The minimum Gasteiger partial charge on any atom is -0.366 e. The topological polar surface area (TPSA) is 43.1 Å². The number of primary amides is 1. The Morgan fingerprint density at radius 2 is 1.48 bits per heavy atom. The van der Waals surface area contributed by atoms with Crippen LogP contribution < -0.4 is 5.73 Å². The van der Waals surface area contributed by atoms with Crippen LogP contribution in [0.4, 0.5) is 0 Å². The van der Waals surface area contributed by atoms with Gasteiger partial charge in [-0.1, -0.05) is 77.8 Å². The van der Waals surface area contributed by atoms with Crippen LogP contribution >= 0.6 is 0 Å². The van der Waals surface area contributed by atoms with Crippen molar-refractivity contribution < 1.29 is 4.79 Å². The van der Waals surface area contributed by atoms with E-state index in [1.807, 2.05) is 30.3 Å². The maximum absolute atomic E-state index is 11.8. The van der Waals surface area contributed by atoms with Crippen LogP contribution in [0, 0.1) is 11.5 Å². The Morgan fingerprint density at radius 1 is 1.00 bits per heavy atom. The molecule has 0 atom stereocenters. The van der Waals surface area contributed by atoms with E-state index < -0.39 is 14.0 Å². The van der Waals surface area contributed by atoms with Crippen molar-refractivity contribution in [2.75, 3.05) is 0 Å². The van der Waals surface area contributed by atoms with Crippen LogP contribution in [0.5, 0.6) is 0 Å². The van der Waals surface area contributed by atoms with Crippen molar-refractivity contribution in [3.8, 4) is 11.5 Å². The molecule has 1 amide bonds. The van der Waals surface area contributed by atoms with Gasteiger partial charge in [0.15, 0.2) is 0 Å². The van der Waals surface area contributed by atoms with E-state index in [0.29, 0.717) is 22.2 Å². The SMILES string of the molecule is CC(C)[Si](C#C/C=C(\C(N)=O)c1ccccc1)(C(C)C)C(C)C. The number of amides is 1. The average molecular weight is 328 g/mol. The lowest BCUT2D eigenvalue weighted by atomic mass is 10.1. The summed E-state index contributed by atoms with van der Waals surface area (Å²) in [5.41, 5.74) is 12.1. The molecule has 0 unspecified atom stereocenters. The Labute approximate surface area is 142 Å². The van der Waals surface area contributed by atoms with E-state index in [0.717, 1.165) is 5.56 Å². The fraction of sp³-hybridized carbons (Fsp3) is 0.450. The van der Waals surface area contributed by atoms with Gasteiger partial charge in [-0.15, -0.1) is 5.54 Å². The fourth-order valence-corrected chi connectivity index (χ4v) is 8.77. The van der Waals surface area contributed by atoms with Gasteiger partial charge in [0.05, 0.1) is 5.57 Å². The number of nitrogens with two attached hydrogens (primary N) is 1. The largest absolute Gasteiger partial charge is 0.366 e. The summed E-state index contributed by atoms with van der Waals surface area (Å²) < 4.78 is 0. The third kappa shape index (κ3) is 4.36. The second-order valence-corrected chi connectivity index (χ2v) is 12.5. The molecular weight excluding hydrogens is 298 g/mol. The highest BCUT2D eigenvalue weighted by molar-refractivity contribution is 6.90. The molecule has 0 aliphatic rings. The number of carbonyl (C=O) groups is 1. The van der Waals surface area contributed by atoms with Gasteiger partial charge in [-0.05, 0) is 22.2 Å². The van der Waals surface area contributed by atoms with Gasteiger partial charge in [-0.3, -0.25) is 4.79 Å². The van der Waals surface area contributed by atoms with E-state index in [-0.39, 0.29) is 0 Å². The standard InChI is InChI=1S/C20H29NOSi/c1-15(2)23(16(3)4,17(5)6)14-10-13-19(20(21)22)18-11-8-7-9-12-18/h7-9,11-13,15-17H,1-6H3,(H2,21,22)/b19-13-. The van der Waals surface area contributed by atoms with Crippen molar-refractivity contribution in [3.05, 3.63) is 42.0 Å². The van der Waals surface area contributed by atoms with Crippen LogP contribution in [0.15, 0.2) is 36.4 Å². The van der Waals surface area contributed by atoms with Gasteiger partial charge in [0.25, 0.3) is 0 Å². The summed E-state index contributed by atoms with van der Waals surface area (Å²) in [7, 11) is -1.79. The maximum atomic E-state index is 11.8. The minimum absolute atomic E-state index is 0.434. The molecule has 2 N–H and O–H groups in total. The molecular formula is C20H29NOSi. The summed E-state index contributed by atoms with van der Waals surface area (Å²) in [5, 5.41) is 0. The lowest BCUT2D eigenvalue weighted by Gasteiger charge is -2.38.